The van der Waals surface area contributed by atoms with Crippen LogP contribution in [0.5, 0.6) is 5.75 Å². The molecule has 3 aliphatic rings. The predicted octanol–water partition coefficient (Wildman–Crippen LogP) is 5.00. The highest BCUT2D eigenvalue weighted by Gasteiger charge is 2.55. The van der Waals surface area contributed by atoms with E-state index in [1.807, 2.05) is 12.1 Å². The molecule has 0 radical (unpaired) electrons. The van der Waals surface area contributed by atoms with Crippen molar-refractivity contribution in [3.8, 4) is 5.75 Å². The SMILES string of the molecule is C[C@]12CC[C@@H]3c4ccc(O)cc4C[C@@H](c4ccccc4)[C@H]3[C@@H]1CC(O)C2. The van der Waals surface area contributed by atoms with Gasteiger partial charge in [0.2, 0.25) is 0 Å². The fourth-order valence-corrected chi connectivity index (χ4v) is 6.69. The van der Waals surface area contributed by atoms with E-state index in [9.17, 15) is 10.2 Å². The number of rotatable bonds is 1. The third-order valence-corrected chi connectivity index (χ3v) is 7.74. The van der Waals surface area contributed by atoms with Crippen molar-refractivity contribution in [3.63, 3.8) is 0 Å². The number of phenols is 1. The minimum Gasteiger partial charge on any atom is -0.508 e. The topological polar surface area (TPSA) is 40.5 Å². The summed E-state index contributed by atoms with van der Waals surface area (Å²) in [5.74, 6) is 2.58. The maximum absolute atomic E-state index is 10.5. The second-order valence-corrected chi connectivity index (χ2v) is 9.18. The first kappa shape index (κ1) is 16.4. The molecule has 3 aliphatic carbocycles. The van der Waals surface area contributed by atoms with E-state index >= 15 is 0 Å². The molecule has 6 atom stereocenters. The quantitative estimate of drug-likeness (QED) is 0.761. The first-order valence-corrected chi connectivity index (χ1v) is 10.1. The van der Waals surface area contributed by atoms with E-state index in [0.29, 0.717) is 29.4 Å². The molecule has 1 unspecified atom stereocenters. The molecule has 2 saturated carbocycles. The Hall–Kier alpha value is -1.80. The van der Waals surface area contributed by atoms with Crippen molar-refractivity contribution < 1.29 is 10.2 Å². The van der Waals surface area contributed by atoms with Gasteiger partial charge >= 0.3 is 0 Å². The standard InChI is InChI=1S/C24H28O2/c1-24-10-9-20-19-8-7-17(25)11-16(19)12-21(15-5-3-2-4-6-15)23(20)22(24)13-18(26)14-24/h2-8,11,18,20-23,25-26H,9-10,12-14H2,1H3/t18?,20-,21+,22+,23+,24-/m1/s1. The molecule has 0 aromatic heterocycles. The number of aliphatic hydroxyl groups is 1. The molecule has 0 spiro atoms. The summed E-state index contributed by atoms with van der Waals surface area (Å²) >= 11 is 0. The highest BCUT2D eigenvalue weighted by Crippen LogP contribution is 2.63. The summed E-state index contributed by atoms with van der Waals surface area (Å²) in [7, 11) is 0. The molecule has 0 amide bonds. The van der Waals surface area contributed by atoms with E-state index in [1.54, 1.807) is 0 Å². The number of fused-ring (bicyclic) bond motifs is 5. The Labute approximate surface area is 155 Å². The maximum atomic E-state index is 10.5. The highest BCUT2D eigenvalue weighted by atomic mass is 16.3. The van der Waals surface area contributed by atoms with Crippen LogP contribution in [0.2, 0.25) is 0 Å². The first-order valence-electron chi connectivity index (χ1n) is 10.1. The lowest BCUT2D eigenvalue weighted by Crippen LogP contribution is -2.43. The van der Waals surface area contributed by atoms with Gasteiger partial charge in [-0.05, 0) is 90.0 Å². The van der Waals surface area contributed by atoms with Gasteiger partial charge in [-0.15, -0.1) is 0 Å². The van der Waals surface area contributed by atoms with Gasteiger partial charge in [0, 0.05) is 0 Å². The number of aromatic hydroxyl groups is 1. The molecule has 136 valence electrons. The van der Waals surface area contributed by atoms with Gasteiger partial charge in [0.25, 0.3) is 0 Å². The predicted molar refractivity (Wildman–Crippen MR) is 103 cm³/mol. The number of hydrogen-bond acceptors (Lipinski definition) is 2. The van der Waals surface area contributed by atoms with Crippen molar-refractivity contribution >= 4 is 0 Å². The smallest absolute Gasteiger partial charge is 0.115 e. The summed E-state index contributed by atoms with van der Waals surface area (Å²) in [4.78, 5) is 0. The third-order valence-electron chi connectivity index (χ3n) is 7.74. The van der Waals surface area contributed by atoms with E-state index in [-0.39, 0.29) is 11.5 Å². The zero-order valence-corrected chi connectivity index (χ0v) is 15.4. The van der Waals surface area contributed by atoms with Crippen LogP contribution in [0.25, 0.3) is 0 Å². The molecular weight excluding hydrogens is 320 g/mol. The number of hydrogen-bond donors (Lipinski definition) is 2. The summed E-state index contributed by atoms with van der Waals surface area (Å²) in [6.07, 6.45) is 5.18. The lowest BCUT2D eigenvalue weighted by Gasteiger charge is -2.52. The normalized spacial score (nSPS) is 38.3. The molecule has 0 aliphatic heterocycles. The van der Waals surface area contributed by atoms with Gasteiger partial charge in [0.15, 0.2) is 0 Å². The molecule has 26 heavy (non-hydrogen) atoms. The summed E-state index contributed by atoms with van der Waals surface area (Å²) in [5.41, 5.74) is 4.47. The molecule has 5 rings (SSSR count). The third kappa shape index (κ3) is 2.42. The summed E-state index contributed by atoms with van der Waals surface area (Å²) in [6.45, 7) is 2.42. The minimum absolute atomic E-state index is 0.138. The Balaban J connectivity index is 1.64. The van der Waals surface area contributed by atoms with Crippen molar-refractivity contribution in [1.82, 2.24) is 0 Å². The van der Waals surface area contributed by atoms with Crippen molar-refractivity contribution in [3.05, 3.63) is 65.2 Å². The van der Waals surface area contributed by atoms with Gasteiger partial charge in [-0.3, -0.25) is 0 Å². The molecular formula is C24H28O2. The average molecular weight is 348 g/mol. The van der Waals surface area contributed by atoms with Gasteiger partial charge in [0.05, 0.1) is 6.10 Å². The molecule has 0 heterocycles. The molecule has 0 bridgehead atoms. The summed E-state index contributed by atoms with van der Waals surface area (Å²) < 4.78 is 0. The van der Waals surface area contributed by atoms with E-state index in [2.05, 4.69) is 43.3 Å². The lowest BCUT2D eigenvalue weighted by atomic mass is 9.52. The fourth-order valence-electron chi connectivity index (χ4n) is 6.69. The van der Waals surface area contributed by atoms with Crippen LogP contribution in [0.15, 0.2) is 48.5 Å². The lowest BCUT2D eigenvalue weighted by molar-refractivity contribution is 0.0468. The maximum Gasteiger partial charge on any atom is 0.115 e. The largest absolute Gasteiger partial charge is 0.508 e. The zero-order valence-electron chi connectivity index (χ0n) is 15.4. The molecule has 2 heteroatoms. The van der Waals surface area contributed by atoms with Crippen LogP contribution in [0, 0.1) is 17.3 Å². The van der Waals surface area contributed by atoms with E-state index in [1.165, 1.54) is 29.5 Å². The van der Waals surface area contributed by atoms with Crippen molar-refractivity contribution in [2.75, 3.05) is 0 Å². The first-order chi connectivity index (χ1) is 12.5. The van der Waals surface area contributed by atoms with E-state index in [0.717, 1.165) is 19.3 Å². The highest BCUT2D eigenvalue weighted by molar-refractivity contribution is 5.43. The van der Waals surface area contributed by atoms with E-state index in [4.69, 9.17) is 0 Å². The molecule has 2 fully saturated rings. The number of benzene rings is 2. The zero-order chi connectivity index (χ0) is 17.9. The Morgan fingerprint density at radius 3 is 2.65 bits per heavy atom. The molecule has 0 saturated heterocycles. The Morgan fingerprint density at radius 2 is 1.85 bits per heavy atom. The Morgan fingerprint density at radius 1 is 1.04 bits per heavy atom. The monoisotopic (exact) mass is 348 g/mol. The van der Waals surface area contributed by atoms with Crippen LogP contribution < -0.4 is 0 Å². The van der Waals surface area contributed by atoms with Crippen LogP contribution in [-0.2, 0) is 6.42 Å². The van der Waals surface area contributed by atoms with Crippen molar-refractivity contribution in [2.45, 2.75) is 57.0 Å². The molecule has 2 nitrogen and oxygen atoms in total. The summed E-state index contributed by atoms with van der Waals surface area (Å²) in [5, 5.41) is 20.5. The van der Waals surface area contributed by atoms with Gasteiger partial charge in [-0.1, -0.05) is 43.3 Å². The van der Waals surface area contributed by atoms with Gasteiger partial charge in [-0.2, -0.15) is 0 Å². The van der Waals surface area contributed by atoms with Gasteiger partial charge < -0.3 is 10.2 Å². The van der Waals surface area contributed by atoms with Crippen molar-refractivity contribution in [1.29, 1.82) is 0 Å². The second kappa shape index (κ2) is 5.85. The molecule has 2 aromatic rings. The number of phenolic OH excluding ortho intramolecular Hbond substituents is 1. The van der Waals surface area contributed by atoms with Crippen LogP contribution in [-0.4, -0.2) is 16.3 Å². The summed E-state index contributed by atoms with van der Waals surface area (Å²) in [6, 6.07) is 16.9. The number of aliphatic hydroxyl groups excluding tert-OH is 1. The molecule has 2 aromatic carbocycles. The van der Waals surface area contributed by atoms with Crippen LogP contribution in [0.1, 0.15) is 61.1 Å². The Bertz CT molecular complexity index is 814. The van der Waals surface area contributed by atoms with Crippen molar-refractivity contribution in [2.24, 2.45) is 17.3 Å². The fraction of sp³-hybridized carbons (Fsp3) is 0.500. The van der Waals surface area contributed by atoms with Crippen LogP contribution in [0.3, 0.4) is 0 Å². The second-order valence-electron chi connectivity index (χ2n) is 9.18. The van der Waals surface area contributed by atoms with Crippen LogP contribution >= 0.6 is 0 Å². The minimum atomic E-state index is -0.138. The van der Waals surface area contributed by atoms with Gasteiger partial charge in [0.1, 0.15) is 5.75 Å². The van der Waals surface area contributed by atoms with Crippen LogP contribution in [0.4, 0.5) is 0 Å². The van der Waals surface area contributed by atoms with Gasteiger partial charge in [-0.25, -0.2) is 0 Å². The Kier molecular flexibility index (Phi) is 3.69. The van der Waals surface area contributed by atoms with E-state index < -0.39 is 0 Å². The average Bonchev–Trinajstić information content (AvgIpc) is 2.95. The molecule has 2 N–H and O–H groups in total.